The van der Waals surface area contributed by atoms with Crippen molar-refractivity contribution in [3.63, 3.8) is 0 Å². The molecule has 2 aromatic carbocycles. The predicted octanol–water partition coefficient (Wildman–Crippen LogP) is 4.39. The van der Waals surface area contributed by atoms with Gasteiger partial charge in [0.15, 0.2) is 0 Å². The lowest BCUT2D eigenvalue weighted by molar-refractivity contribution is 0.229. The second-order valence-corrected chi connectivity index (χ2v) is 6.69. The van der Waals surface area contributed by atoms with Crippen LogP contribution >= 0.6 is 11.6 Å². The fourth-order valence-corrected chi connectivity index (χ4v) is 3.25. The van der Waals surface area contributed by atoms with Crippen LogP contribution in [0.4, 0.5) is 5.69 Å². The summed E-state index contributed by atoms with van der Waals surface area (Å²) in [7, 11) is 0. The molecule has 1 fully saturated rings. The zero-order valence-electron chi connectivity index (χ0n) is 14.3. The zero-order valence-corrected chi connectivity index (χ0v) is 15.1. The molecule has 0 radical (unpaired) electrons. The average Bonchev–Trinajstić information content (AvgIpc) is 3.14. The first-order valence-electron chi connectivity index (χ1n) is 8.74. The molecule has 0 aliphatic carbocycles. The van der Waals surface area contributed by atoms with Crippen molar-refractivity contribution in [2.75, 3.05) is 31.6 Å². The van der Waals surface area contributed by atoms with E-state index < -0.39 is 0 Å². The first-order chi connectivity index (χ1) is 12.2. The third-order valence-electron chi connectivity index (χ3n) is 4.40. The van der Waals surface area contributed by atoms with E-state index in [1.165, 1.54) is 12.8 Å². The van der Waals surface area contributed by atoms with Crippen LogP contribution < -0.4 is 5.32 Å². The molecule has 1 aliphatic heterocycles. The maximum absolute atomic E-state index is 8.26. The Morgan fingerprint density at radius 2 is 1.92 bits per heavy atom. The number of para-hydroxylation sites is 1. The molecule has 2 N–H and O–H groups in total. The van der Waals surface area contributed by atoms with Crippen LogP contribution in [-0.2, 0) is 11.3 Å². The highest BCUT2D eigenvalue weighted by Crippen LogP contribution is 2.18. The molecular weight excluding hydrogens is 334 g/mol. The van der Waals surface area contributed by atoms with Gasteiger partial charge in [-0.25, -0.2) is 0 Å². The molecule has 0 spiro atoms. The summed E-state index contributed by atoms with van der Waals surface area (Å²) in [6.07, 6.45) is 2.54. The highest BCUT2D eigenvalue weighted by molar-refractivity contribution is 6.30. The van der Waals surface area contributed by atoms with Crippen molar-refractivity contribution in [3.8, 4) is 0 Å². The van der Waals surface area contributed by atoms with Gasteiger partial charge in [0.25, 0.3) is 0 Å². The summed E-state index contributed by atoms with van der Waals surface area (Å²) in [5.74, 6) is 0.216. The number of anilines is 1. The number of benzene rings is 2. The maximum atomic E-state index is 8.26. The van der Waals surface area contributed by atoms with Gasteiger partial charge in [-0.2, -0.15) is 0 Å². The number of halogens is 1. The van der Waals surface area contributed by atoms with Crippen LogP contribution in [0.2, 0.25) is 5.02 Å². The van der Waals surface area contributed by atoms with Crippen LogP contribution in [0.15, 0.2) is 48.5 Å². The third-order valence-corrected chi connectivity index (χ3v) is 4.63. The van der Waals surface area contributed by atoms with Gasteiger partial charge < -0.3 is 10.1 Å². The zero-order chi connectivity index (χ0) is 17.5. The van der Waals surface area contributed by atoms with Gasteiger partial charge >= 0.3 is 0 Å². The normalized spacial score (nSPS) is 14.4. The lowest BCUT2D eigenvalue weighted by atomic mass is 10.1. The Labute approximate surface area is 154 Å². The number of hydrogen-bond donors (Lipinski definition) is 2. The minimum Gasteiger partial charge on any atom is -0.476 e. The Morgan fingerprint density at radius 3 is 2.72 bits per heavy atom. The molecular formula is C20H24ClN3O. The average molecular weight is 358 g/mol. The number of hydrogen-bond acceptors (Lipinski definition) is 4. The van der Waals surface area contributed by atoms with Crippen LogP contribution in [0.5, 0.6) is 0 Å². The molecule has 1 heterocycles. The molecule has 0 atom stereocenters. The predicted molar refractivity (Wildman–Crippen MR) is 104 cm³/mol. The van der Waals surface area contributed by atoms with E-state index in [1.807, 2.05) is 48.5 Å². The molecule has 1 aliphatic rings. The fourth-order valence-electron chi connectivity index (χ4n) is 3.04. The SMILES string of the molecule is N=C(OCCN1CCCC1)c1ccccc1NCc1cccc(Cl)c1. The highest BCUT2D eigenvalue weighted by atomic mass is 35.5. The minimum absolute atomic E-state index is 0.216. The number of nitrogens with zero attached hydrogens (tertiary/aromatic N) is 1. The molecule has 1 saturated heterocycles. The molecule has 0 amide bonds. The quantitative estimate of drug-likeness (QED) is 0.570. The molecule has 3 rings (SSSR count). The van der Waals surface area contributed by atoms with Gasteiger partial charge in [-0.1, -0.05) is 35.9 Å². The van der Waals surface area contributed by atoms with Gasteiger partial charge in [-0.3, -0.25) is 10.3 Å². The van der Waals surface area contributed by atoms with Gasteiger partial charge in [0.05, 0.1) is 5.56 Å². The Kier molecular flexibility index (Phi) is 6.31. The standard InChI is InChI=1S/C20H24ClN3O/c21-17-7-5-6-16(14-17)15-23-19-9-2-1-8-18(19)20(22)25-13-12-24-10-3-4-11-24/h1-2,5-9,14,22-23H,3-4,10-13,15H2. The Morgan fingerprint density at radius 1 is 1.12 bits per heavy atom. The van der Waals surface area contributed by atoms with Crippen molar-refractivity contribution in [1.29, 1.82) is 5.41 Å². The first-order valence-corrected chi connectivity index (χ1v) is 9.11. The first kappa shape index (κ1) is 17.8. The van der Waals surface area contributed by atoms with Gasteiger partial charge in [0.2, 0.25) is 5.90 Å². The van der Waals surface area contributed by atoms with Crippen molar-refractivity contribution in [3.05, 3.63) is 64.7 Å². The third kappa shape index (κ3) is 5.21. The lowest BCUT2D eigenvalue weighted by Gasteiger charge is -2.17. The second kappa shape index (κ2) is 8.88. The molecule has 0 bridgehead atoms. The molecule has 2 aromatic rings. The van der Waals surface area contributed by atoms with E-state index in [-0.39, 0.29) is 5.90 Å². The van der Waals surface area contributed by atoms with E-state index in [9.17, 15) is 0 Å². The van der Waals surface area contributed by atoms with Crippen molar-refractivity contribution in [1.82, 2.24) is 4.90 Å². The second-order valence-electron chi connectivity index (χ2n) is 6.26. The van der Waals surface area contributed by atoms with Gasteiger partial charge in [0, 0.05) is 23.8 Å². The summed E-state index contributed by atoms with van der Waals surface area (Å²) in [6.45, 7) is 4.39. The number of nitrogens with one attached hydrogen (secondary N) is 2. The fraction of sp³-hybridized carbons (Fsp3) is 0.350. The van der Waals surface area contributed by atoms with E-state index >= 15 is 0 Å². The highest BCUT2D eigenvalue weighted by Gasteiger charge is 2.13. The Hall–Kier alpha value is -2.04. The number of rotatable bonds is 7. The molecule has 0 saturated carbocycles. The van der Waals surface area contributed by atoms with Gasteiger partial charge in [0.1, 0.15) is 6.61 Å². The summed E-state index contributed by atoms with van der Waals surface area (Å²) in [4.78, 5) is 2.39. The van der Waals surface area contributed by atoms with Crippen molar-refractivity contribution < 1.29 is 4.74 Å². The molecule has 4 nitrogen and oxygen atoms in total. The topological polar surface area (TPSA) is 48.4 Å². The molecule has 25 heavy (non-hydrogen) atoms. The van der Waals surface area contributed by atoms with Crippen LogP contribution in [0.25, 0.3) is 0 Å². The number of ether oxygens (including phenoxy) is 1. The van der Waals surface area contributed by atoms with E-state index in [2.05, 4.69) is 10.2 Å². The van der Waals surface area contributed by atoms with E-state index in [0.29, 0.717) is 13.2 Å². The van der Waals surface area contributed by atoms with Crippen molar-refractivity contribution in [2.24, 2.45) is 0 Å². The molecule has 132 valence electrons. The lowest BCUT2D eigenvalue weighted by Crippen LogP contribution is -2.25. The van der Waals surface area contributed by atoms with Crippen LogP contribution in [-0.4, -0.2) is 37.0 Å². The largest absolute Gasteiger partial charge is 0.476 e. The molecule has 5 heteroatoms. The van der Waals surface area contributed by atoms with E-state index in [0.717, 1.165) is 41.5 Å². The summed E-state index contributed by atoms with van der Waals surface area (Å²) in [5, 5.41) is 12.4. The van der Waals surface area contributed by atoms with Crippen molar-refractivity contribution in [2.45, 2.75) is 19.4 Å². The maximum Gasteiger partial charge on any atom is 0.215 e. The number of likely N-dealkylation sites (tertiary alicyclic amines) is 1. The van der Waals surface area contributed by atoms with Crippen molar-refractivity contribution >= 4 is 23.2 Å². The summed E-state index contributed by atoms with van der Waals surface area (Å²) >= 11 is 6.03. The van der Waals surface area contributed by atoms with Gasteiger partial charge in [-0.15, -0.1) is 0 Å². The summed E-state index contributed by atoms with van der Waals surface area (Å²) in [5.41, 5.74) is 2.78. The van der Waals surface area contributed by atoms with Crippen LogP contribution in [0.1, 0.15) is 24.0 Å². The summed E-state index contributed by atoms with van der Waals surface area (Å²) < 4.78 is 5.68. The van der Waals surface area contributed by atoms with Crippen LogP contribution in [0, 0.1) is 5.41 Å². The molecule has 0 unspecified atom stereocenters. The molecule has 0 aromatic heterocycles. The summed E-state index contributed by atoms with van der Waals surface area (Å²) in [6, 6.07) is 15.5. The van der Waals surface area contributed by atoms with E-state index in [4.69, 9.17) is 21.7 Å². The van der Waals surface area contributed by atoms with E-state index in [1.54, 1.807) is 0 Å². The smallest absolute Gasteiger partial charge is 0.215 e. The minimum atomic E-state index is 0.216. The van der Waals surface area contributed by atoms with Crippen LogP contribution in [0.3, 0.4) is 0 Å². The Balaban J connectivity index is 1.56. The van der Waals surface area contributed by atoms with Gasteiger partial charge in [-0.05, 0) is 55.8 Å². The Bertz CT molecular complexity index is 714. The monoisotopic (exact) mass is 357 g/mol.